The number of nitrogens with zero attached hydrogens (tertiary/aromatic N) is 1. The molecule has 1 heterocycles. The molecule has 0 bridgehead atoms. The normalized spacial score (nSPS) is 10.7. The Morgan fingerprint density at radius 3 is 2.60 bits per heavy atom. The van der Waals surface area contributed by atoms with Crippen molar-refractivity contribution in [2.75, 3.05) is 0 Å². The van der Waals surface area contributed by atoms with Crippen LogP contribution in [-0.2, 0) is 6.54 Å². The lowest BCUT2D eigenvalue weighted by molar-refractivity contribution is 0.0687. The standard InChI is InChI=1S/C8H8F2N2O3/c9-7(10)6-4(13)1-3(2-11)5(12-6)8(14)15/h1,7,13H,2,11H2,(H,14,15). The molecule has 82 valence electrons. The number of carboxylic acid groups (broad SMARTS) is 1. The number of halogens is 2. The SMILES string of the molecule is NCc1cc(O)c(C(F)F)nc1C(=O)O. The van der Waals surface area contributed by atoms with Gasteiger partial charge in [0.25, 0.3) is 6.43 Å². The minimum absolute atomic E-state index is 0.00407. The zero-order valence-electron chi connectivity index (χ0n) is 7.44. The molecule has 0 atom stereocenters. The topological polar surface area (TPSA) is 96.4 Å². The predicted molar refractivity (Wildman–Crippen MR) is 45.7 cm³/mol. The minimum Gasteiger partial charge on any atom is -0.506 e. The van der Waals surface area contributed by atoms with E-state index in [-0.39, 0.29) is 12.1 Å². The van der Waals surface area contributed by atoms with Gasteiger partial charge in [0.15, 0.2) is 5.69 Å². The smallest absolute Gasteiger partial charge is 0.354 e. The van der Waals surface area contributed by atoms with Crippen molar-refractivity contribution in [3.05, 3.63) is 23.0 Å². The Bertz CT molecular complexity index is 396. The molecule has 0 radical (unpaired) electrons. The van der Waals surface area contributed by atoms with Gasteiger partial charge in [-0.2, -0.15) is 0 Å². The summed E-state index contributed by atoms with van der Waals surface area (Å²) in [6.07, 6.45) is -3.03. The van der Waals surface area contributed by atoms with Gasteiger partial charge in [0.05, 0.1) is 0 Å². The highest BCUT2D eigenvalue weighted by atomic mass is 19.3. The molecule has 0 amide bonds. The van der Waals surface area contributed by atoms with Crippen LogP contribution in [0.3, 0.4) is 0 Å². The molecule has 15 heavy (non-hydrogen) atoms. The van der Waals surface area contributed by atoms with E-state index in [1.54, 1.807) is 0 Å². The molecule has 7 heteroatoms. The van der Waals surface area contributed by atoms with Crippen LogP contribution in [0.25, 0.3) is 0 Å². The van der Waals surface area contributed by atoms with Crippen molar-refractivity contribution >= 4 is 5.97 Å². The van der Waals surface area contributed by atoms with Gasteiger partial charge in [-0.15, -0.1) is 0 Å². The monoisotopic (exact) mass is 218 g/mol. The highest BCUT2D eigenvalue weighted by Gasteiger charge is 2.20. The largest absolute Gasteiger partial charge is 0.506 e. The van der Waals surface area contributed by atoms with E-state index in [1.165, 1.54) is 0 Å². The highest BCUT2D eigenvalue weighted by Crippen LogP contribution is 2.27. The zero-order valence-corrected chi connectivity index (χ0v) is 7.44. The van der Waals surface area contributed by atoms with Crippen molar-refractivity contribution in [1.82, 2.24) is 4.98 Å². The average Bonchev–Trinajstić information content (AvgIpc) is 2.16. The first-order chi connectivity index (χ1) is 6.97. The Morgan fingerprint density at radius 2 is 2.20 bits per heavy atom. The molecule has 1 rings (SSSR count). The summed E-state index contributed by atoms with van der Waals surface area (Å²) in [7, 11) is 0. The van der Waals surface area contributed by atoms with Crippen molar-refractivity contribution in [1.29, 1.82) is 0 Å². The van der Waals surface area contributed by atoms with Crippen LogP contribution in [0.5, 0.6) is 5.75 Å². The second kappa shape index (κ2) is 4.18. The Kier molecular flexibility index (Phi) is 3.15. The van der Waals surface area contributed by atoms with Crippen LogP contribution in [0.1, 0.15) is 28.2 Å². The lowest BCUT2D eigenvalue weighted by atomic mass is 10.1. The third kappa shape index (κ3) is 2.18. The number of nitrogens with two attached hydrogens (primary N) is 1. The molecule has 0 saturated carbocycles. The van der Waals surface area contributed by atoms with Crippen LogP contribution in [0.4, 0.5) is 8.78 Å². The van der Waals surface area contributed by atoms with Crippen molar-refractivity contribution in [2.24, 2.45) is 5.73 Å². The first-order valence-electron chi connectivity index (χ1n) is 3.91. The molecule has 0 fully saturated rings. The third-order valence-electron chi connectivity index (χ3n) is 1.74. The van der Waals surface area contributed by atoms with E-state index in [0.717, 1.165) is 6.07 Å². The van der Waals surface area contributed by atoms with Gasteiger partial charge in [-0.25, -0.2) is 18.6 Å². The van der Waals surface area contributed by atoms with E-state index in [4.69, 9.17) is 15.9 Å². The molecule has 4 N–H and O–H groups in total. The number of alkyl halides is 2. The summed E-state index contributed by atoms with van der Waals surface area (Å²) in [5.41, 5.74) is 3.67. The van der Waals surface area contributed by atoms with Gasteiger partial charge in [0, 0.05) is 12.1 Å². The van der Waals surface area contributed by atoms with Gasteiger partial charge in [-0.3, -0.25) is 0 Å². The molecule has 0 unspecified atom stereocenters. The van der Waals surface area contributed by atoms with Gasteiger partial charge in [-0.1, -0.05) is 0 Å². The molecular weight excluding hydrogens is 210 g/mol. The maximum Gasteiger partial charge on any atom is 0.354 e. The molecular formula is C8H8F2N2O3. The summed E-state index contributed by atoms with van der Waals surface area (Å²) in [4.78, 5) is 13.8. The van der Waals surface area contributed by atoms with E-state index in [1.807, 2.05) is 0 Å². The molecule has 5 nitrogen and oxygen atoms in total. The van der Waals surface area contributed by atoms with Gasteiger partial charge >= 0.3 is 5.97 Å². The second-order valence-corrected chi connectivity index (χ2v) is 2.71. The molecule has 1 aromatic heterocycles. The fourth-order valence-electron chi connectivity index (χ4n) is 1.06. The van der Waals surface area contributed by atoms with E-state index >= 15 is 0 Å². The number of hydrogen-bond acceptors (Lipinski definition) is 4. The van der Waals surface area contributed by atoms with Crippen molar-refractivity contribution in [3.8, 4) is 5.75 Å². The van der Waals surface area contributed by atoms with E-state index < -0.39 is 29.5 Å². The Labute approximate surface area is 83.2 Å². The molecule has 0 aromatic carbocycles. The lowest BCUT2D eigenvalue weighted by Crippen LogP contribution is -2.11. The number of carbonyl (C=O) groups is 1. The zero-order chi connectivity index (χ0) is 11.6. The van der Waals surface area contributed by atoms with Crippen LogP contribution in [0, 0.1) is 0 Å². The number of rotatable bonds is 3. The van der Waals surface area contributed by atoms with E-state index in [2.05, 4.69) is 4.98 Å². The summed E-state index contributed by atoms with van der Waals surface area (Å²) in [6, 6.07) is 0.887. The Hall–Kier alpha value is -1.76. The first kappa shape index (κ1) is 11.3. The number of aromatic carboxylic acids is 1. The maximum absolute atomic E-state index is 12.3. The number of hydrogen-bond donors (Lipinski definition) is 3. The summed E-state index contributed by atoms with van der Waals surface area (Å²) >= 11 is 0. The van der Waals surface area contributed by atoms with Crippen LogP contribution < -0.4 is 5.73 Å². The molecule has 0 aliphatic carbocycles. The minimum atomic E-state index is -3.03. The van der Waals surface area contributed by atoms with Gasteiger partial charge in [0.2, 0.25) is 0 Å². The highest BCUT2D eigenvalue weighted by molar-refractivity contribution is 5.87. The molecule has 0 aliphatic rings. The summed E-state index contributed by atoms with van der Waals surface area (Å²) < 4.78 is 24.5. The van der Waals surface area contributed by atoms with Crippen LogP contribution in [0.2, 0.25) is 0 Å². The molecule has 0 spiro atoms. The van der Waals surface area contributed by atoms with Crippen molar-refractivity contribution in [2.45, 2.75) is 13.0 Å². The lowest BCUT2D eigenvalue weighted by Gasteiger charge is -2.07. The Balaban J connectivity index is 3.37. The summed E-state index contributed by atoms with van der Waals surface area (Å²) in [6.45, 7) is -0.203. The predicted octanol–water partition coefficient (Wildman–Crippen LogP) is 0.882. The van der Waals surface area contributed by atoms with Crippen LogP contribution >= 0.6 is 0 Å². The van der Waals surface area contributed by atoms with Crippen LogP contribution in [0.15, 0.2) is 6.07 Å². The quantitative estimate of drug-likeness (QED) is 0.699. The third-order valence-corrected chi connectivity index (χ3v) is 1.74. The number of carboxylic acids is 1. The van der Waals surface area contributed by atoms with Gasteiger partial charge < -0.3 is 15.9 Å². The average molecular weight is 218 g/mol. The summed E-state index contributed by atoms with van der Waals surface area (Å²) in [5.74, 6) is -2.21. The van der Waals surface area contributed by atoms with Gasteiger partial charge in [-0.05, 0) is 6.07 Å². The second-order valence-electron chi connectivity index (χ2n) is 2.71. The van der Waals surface area contributed by atoms with Crippen LogP contribution in [-0.4, -0.2) is 21.2 Å². The summed E-state index contributed by atoms with van der Waals surface area (Å²) in [5, 5.41) is 17.8. The number of aromatic nitrogens is 1. The van der Waals surface area contributed by atoms with Crippen molar-refractivity contribution in [3.63, 3.8) is 0 Å². The molecule has 0 aliphatic heterocycles. The first-order valence-corrected chi connectivity index (χ1v) is 3.91. The fourth-order valence-corrected chi connectivity index (χ4v) is 1.06. The number of pyridine rings is 1. The molecule has 1 aromatic rings. The van der Waals surface area contributed by atoms with E-state index in [9.17, 15) is 13.6 Å². The maximum atomic E-state index is 12.3. The number of aromatic hydroxyl groups is 1. The van der Waals surface area contributed by atoms with Gasteiger partial charge in [0.1, 0.15) is 11.4 Å². The fraction of sp³-hybridized carbons (Fsp3) is 0.250. The molecule has 0 saturated heterocycles. The Morgan fingerprint density at radius 1 is 1.60 bits per heavy atom. The van der Waals surface area contributed by atoms with Crippen molar-refractivity contribution < 1.29 is 23.8 Å². The van der Waals surface area contributed by atoms with E-state index in [0.29, 0.717) is 0 Å².